The van der Waals surface area contributed by atoms with Crippen molar-refractivity contribution in [1.82, 2.24) is 5.32 Å². The predicted molar refractivity (Wildman–Crippen MR) is 81.1 cm³/mol. The third kappa shape index (κ3) is 4.26. The largest absolute Gasteiger partial charge is 0.497 e. The minimum Gasteiger partial charge on any atom is -0.497 e. The molecule has 0 saturated heterocycles. The summed E-state index contributed by atoms with van der Waals surface area (Å²) in [6.45, 7) is 2.09. The van der Waals surface area contributed by atoms with Gasteiger partial charge in [-0.3, -0.25) is 4.79 Å². The molecule has 0 spiro atoms. The van der Waals surface area contributed by atoms with Crippen LogP contribution in [0.3, 0.4) is 0 Å². The molecule has 0 heterocycles. The number of amides is 1. The van der Waals surface area contributed by atoms with E-state index in [9.17, 15) is 4.79 Å². The highest BCUT2D eigenvalue weighted by molar-refractivity contribution is 5.76. The smallest absolute Gasteiger partial charge is 0.220 e. The van der Waals surface area contributed by atoms with Gasteiger partial charge in [-0.2, -0.15) is 0 Å². The van der Waals surface area contributed by atoms with Crippen molar-refractivity contribution in [3.8, 4) is 5.75 Å². The Morgan fingerprint density at radius 2 is 2.10 bits per heavy atom. The fraction of sp³-hybridized carbons (Fsp3) is 0.588. The topological polar surface area (TPSA) is 38.3 Å². The van der Waals surface area contributed by atoms with Crippen LogP contribution in [0.25, 0.3) is 0 Å². The number of hydrogen-bond donors (Lipinski definition) is 1. The highest BCUT2D eigenvalue weighted by Gasteiger charge is 2.16. The molecule has 3 nitrogen and oxygen atoms in total. The van der Waals surface area contributed by atoms with E-state index in [-0.39, 0.29) is 5.91 Å². The van der Waals surface area contributed by atoms with Crippen LogP contribution in [0, 0.1) is 6.92 Å². The summed E-state index contributed by atoms with van der Waals surface area (Å²) in [6.07, 6.45) is 7.32. The van der Waals surface area contributed by atoms with Gasteiger partial charge in [-0.1, -0.05) is 18.9 Å². The fourth-order valence-electron chi connectivity index (χ4n) is 2.89. The molecule has 0 atom stereocenters. The van der Waals surface area contributed by atoms with Gasteiger partial charge in [0.15, 0.2) is 0 Å². The Labute approximate surface area is 121 Å². The average Bonchev–Trinajstić information content (AvgIpc) is 2.93. The van der Waals surface area contributed by atoms with Crippen LogP contribution in [0.1, 0.15) is 49.7 Å². The SMILES string of the molecule is COc1ccc(CCCC(=O)NC2CCCC2)c(C)c1. The Hall–Kier alpha value is -1.51. The molecule has 2 rings (SSSR count). The highest BCUT2D eigenvalue weighted by Crippen LogP contribution is 2.19. The molecule has 1 aromatic rings. The Morgan fingerprint density at radius 1 is 1.35 bits per heavy atom. The Morgan fingerprint density at radius 3 is 2.75 bits per heavy atom. The van der Waals surface area contributed by atoms with E-state index in [0.717, 1.165) is 31.4 Å². The van der Waals surface area contributed by atoms with Crippen molar-refractivity contribution in [2.45, 2.75) is 57.9 Å². The zero-order chi connectivity index (χ0) is 14.4. The first kappa shape index (κ1) is 14.9. The second-order valence-electron chi connectivity index (χ2n) is 5.69. The van der Waals surface area contributed by atoms with E-state index in [2.05, 4.69) is 18.3 Å². The molecule has 1 aliphatic carbocycles. The summed E-state index contributed by atoms with van der Waals surface area (Å²) in [5, 5.41) is 3.14. The lowest BCUT2D eigenvalue weighted by Gasteiger charge is -2.12. The van der Waals surface area contributed by atoms with Crippen molar-refractivity contribution < 1.29 is 9.53 Å². The van der Waals surface area contributed by atoms with E-state index in [1.165, 1.54) is 24.0 Å². The molecule has 110 valence electrons. The number of hydrogen-bond acceptors (Lipinski definition) is 2. The quantitative estimate of drug-likeness (QED) is 0.864. The number of rotatable bonds is 6. The number of carbonyl (C=O) groups excluding carboxylic acids is 1. The molecule has 1 N–H and O–H groups in total. The zero-order valence-electron chi connectivity index (χ0n) is 12.6. The lowest BCUT2D eigenvalue weighted by Crippen LogP contribution is -2.32. The monoisotopic (exact) mass is 275 g/mol. The molecular formula is C17H25NO2. The van der Waals surface area contributed by atoms with Crippen molar-refractivity contribution in [3.63, 3.8) is 0 Å². The summed E-state index contributed by atoms with van der Waals surface area (Å²) in [6, 6.07) is 6.57. The summed E-state index contributed by atoms with van der Waals surface area (Å²) in [7, 11) is 1.68. The van der Waals surface area contributed by atoms with E-state index >= 15 is 0 Å². The van der Waals surface area contributed by atoms with Crippen LogP contribution in [0.15, 0.2) is 18.2 Å². The minimum atomic E-state index is 0.211. The third-order valence-electron chi connectivity index (χ3n) is 4.12. The van der Waals surface area contributed by atoms with E-state index in [1.807, 2.05) is 12.1 Å². The van der Waals surface area contributed by atoms with Gasteiger partial charge < -0.3 is 10.1 Å². The number of ether oxygens (including phenoxy) is 1. The molecule has 0 aliphatic heterocycles. The van der Waals surface area contributed by atoms with Gasteiger partial charge in [0.05, 0.1) is 7.11 Å². The number of aryl methyl sites for hydroxylation is 2. The minimum absolute atomic E-state index is 0.211. The zero-order valence-corrected chi connectivity index (χ0v) is 12.6. The molecule has 0 aromatic heterocycles. The van der Waals surface area contributed by atoms with E-state index in [1.54, 1.807) is 7.11 Å². The predicted octanol–water partition coefficient (Wildman–Crippen LogP) is 3.39. The van der Waals surface area contributed by atoms with Crippen LogP contribution in [0.5, 0.6) is 5.75 Å². The van der Waals surface area contributed by atoms with Crippen molar-refractivity contribution >= 4 is 5.91 Å². The lowest BCUT2D eigenvalue weighted by molar-refractivity contribution is -0.121. The van der Waals surface area contributed by atoms with E-state index in [4.69, 9.17) is 4.74 Å². The molecule has 1 saturated carbocycles. The number of benzene rings is 1. The molecule has 1 aliphatic rings. The van der Waals surface area contributed by atoms with Crippen molar-refractivity contribution in [1.29, 1.82) is 0 Å². The Bertz CT molecular complexity index is 450. The van der Waals surface area contributed by atoms with Crippen molar-refractivity contribution in [2.75, 3.05) is 7.11 Å². The summed E-state index contributed by atoms with van der Waals surface area (Å²) in [5.74, 6) is 1.10. The number of methoxy groups -OCH3 is 1. The Kier molecular flexibility index (Phi) is 5.45. The summed E-state index contributed by atoms with van der Waals surface area (Å²) in [4.78, 5) is 11.8. The van der Waals surface area contributed by atoms with Crippen molar-refractivity contribution in [3.05, 3.63) is 29.3 Å². The summed E-state index contributed by atoms with van der Waals surface area (Å²) >= 11 is 0. The van der Waals surface area contributed by atoms with Gasteiger partial charge in [0.2, 0.25) is 5.91 Å². The first-order chi connectivity index (χ1) is 9.69. The number of carbonyl (C=O) groups is 1. The van der Waals surface area contributed by atoms with Crippen LogP contribution in [-0.4, -0.2) is 19.1 Å². The van der Waals surface area contributed by atoms with Gasteiger partial charge in [0.1, 0.15) is 5.75 Å². The maximum atomic E-state index is 11.8. The summed E-state index contributed by atoms with van der Waals surface area (Å²) in [5.41, 5.74) is 2.54. The van der Waals surface area contributed by atoms with Gasteiger partial charge in [0, 0.05) is 12.5 Å². The molecule has 1 fully saturated rings. The molecule has 3 heteroatoms. The first-order valence-electron chi connectivity index (χ1n) is 7.62. The maximum Gasteiger partial charge on any atom is 0.220 e. The second kappa shape index (κ2) is 7.32. The molecule has 0 radical (unpaired) electrons. The highest BCUT2D eigenvalue weighted by atomic mass is 16.5. The van der Waals surface area contributed by atoms with Crippen LogP contribution in [-0.2, 0) is 11.2 Å². The van der Waals surface area contributed by atoms with E-state index < -0.39 is 0 Å². The molecule has 0 unspecified atom stereocenters. The van der Waals surface area contributed by atoms with Crippen LogP contribution in [0.4, 0.5) is 0 Å². The molecule has 0 bridgehead atoms. The van der Waals surface area contributed by atoms with Gasteiger partial charge in [-0.25, -0.2) is 0 Å². The first-order valence-corrected chi connectivity index (χ1v) is 7.62. The van der Waals surface area contributed by atoms with Gasteiger partial charge >= 0.3 is 0 Å². The number of nitrogens with one attached hydrogen (secondary N) is 1. The second-order valence-corrected chi connectivity index (χ2v) is 5.69. The van der Waals surface area contributed by atoms with Crippen LogP contribution < -0.4 is 10.1 Å². The third-order valence-corrected chi connectivity index (χ3v) is 4.12. The lowest BCUT2D eigenvalue weighted by atomic mass is 10.0. The van der Waals surface area contributed by atoms with Crippen LogP contribution >= 0.6 is 0 Å². The maximum absolute atomic E-state index is 11.8. The average molecular weight is 275 g/mol. The van der Waals surface area contributed by atoms with Crippen LogP contribution in [0.2, 0.25) is 0 Å². The molecule has 1 amide bonds. The fourth-order valence-corrected chi connectivity index (χ4v) is 2.89. The standard InChI is InChI=1S/C17H25NO2/c1-13-12-16(20-2)11-10-14(13)6-5-9-17(19)18-15-7-3-4-8-15/h10-12,15H,3-9H2,1-2H3,(H,18,19). The summed E-state index contributed by atoms with van der Waals surface area (Å²) < 4.78 is 5.20. The van der Waals surface area contributed by atoms with Crippen molar-refractivity contribution in [2.24, 2.45) is 0 Å². The van der Waals surface area contributed by atoms with Gasteiger partial charge in [-0.15, -0.1) is 0 Å². The molecular weight excluding hydrogens is 250 g/mol. The molecule has 20 heavy (non-hydrogen) atoms. The van der Waals surface area contributed by atoms with Gasteiger partial charge in [0.25, 0.3) is 0 Å². The Balaban J connectivity index is 1.73. The normalized spacial score (nSPS) is 15.3. The van der Waals surface area contributed by atoms with Gasteiger partial charge in [-0.05, 0) is 55.9 Å². The molecule has 1 aromatic carbocycles. The van der Waals surface area contributed by atoms with E-state index in [0.29, 0.717) is 12.5 Å².